The number of anilines is 2. The summed E-state index contributed by atoms with van der Waals surface area (Å²) in [6, 6.07) is 1.75. The molecule has 72 valence electrons. The zero-order chi connectivity index (χ0) is 9.68. The van der Waals surface area contributed by atoms with Crippen molar-refractivity contribution < 1.29 is 5.11 Å². The van der Waals surface area contributed by atoms with Crippen LogP contribution in [-0.4, -0.2) is 34.8 Å². The van der Waals surface area contributed by atoms with Gasteiger partial charge in [0.1, 0.15) is 5.82 Å². The average Bonchev–Trinajstić information content (AvgIpc) is 2.15. The smallest absolute Gasteiger partial charge is 0.224 e. The molecule has 1 aromatic rings. The Morgan fingerprint density at radius 2 is 2.38 bits per heavy atom. The molecule has 0 bridgehead atoms. The molecule has 5 nitrogen and oxygen atoms in total. The van der Waals surface area contributed by atoms with Gasteiger partial charge in [-0.2, -0.15) is 4.98 Å². The van der Waals surface area contributed by atoms with Gasteiger partial charge in [-0.3, -0.25) is 0 Å². The van der Waals surface area contributed by atoms with Gasteiger partial charge in [0, 0.05) is 19.8 Å². The number of nitrogens with one attached hydrogen (secondary N) is 2. The van der Waals surface area contributed by atoms with Crippen molar-refractivity contribution in [1.82, 2.24) is 9.97 Å². The fraction of sp³-hybridized carbons (Fsp3) is 0.500. The minimum absolute atomic E-state index is 0.381. The third-order valence-electron chi connectivity index (χ3n) is 1.46. The van der Waals surface area contributed by atoms with Crippen LogP contribution >= 0.6 is 0 Å². The molecule has 0 aliphatic heterocycles. The Balaban J connectivity index is 2.56. The Kier molecular flexibility index (Phi) is 3.45. The van der Waals surface area contributed by atoms with Gasteiger partial charge in [-0.05, 0) is 13.0 Å². The van der Waals surface area contributed by atoms with E-state index in [1.807, 2.05) is 0 Å². The van der Waals surface area contributed by atoms with Crippen molar-refractivity contribution in [2.24, 2.45) is 0 Å². The average molecular weight is 182 g/mol. The van der Waals surface area contributed by atoms with E-state index in [9.17, 15) is 0 Å². The van der Waals surface area contributed by atoms with Crippen LogP contribution in [-0.2, 0) is 0 Å². The lowest BCUT2D eigenvalue weighted by molar-refractivity contribution is 0.208. The summed E-state index contributed by atoms with van der Waals surface area (Å²) in [6.07, 6.45) is 1.27. The Morgan fingerprint density at radius 3 is 3.00 bits per heavy atom. The van der Waals surface area contributed by atoms with E-state index in [0.717, 1.165) is 0 Å². The molecule has 1 atom stereocenters. The lowest BCUT2D eigenvalue weighted by Gasteiger charge is -2.07. The van der Waals surface area contributed by atoms with E-state index >= 15 is 0 Å². The Bertz CT molecular complexity index is 264. The quantitative estimate of drug-likeness (QED) is 0.625. The second kappa shape index (κ2) is 4.61. The molecule has 1 unspecified atom stereocenters. The molecule has 0 aromatic carbocycles. The molecule has 1 heterocycles. The van der Waals surface area contributed by atoms with Gasteiger partial charge < -0.3 is 15.7 Å². The SMILES string of the molecule is CNc1nccc(NCC(C)O)n1. The van der Waals surface area contributed by atoms with Crippen molar-refractivity contribution in [3.05, 3.63) is 12.3 Å². The van der Waals surface area contributed by atoms with E-state index in [4.69, 9.17) is 5.11 Å². The van der Waals surface area contributed by atoms with E-state index in [1.165, 1.54) is 0 Å². The third-order valence-corrected chi connectivity index (χ3v) is 1.46. The number of hydrogen-bond donors (Lipinski definition) is 3. The fourth-order valence-electron chi connectivity index (χ4n) is 0.830. The molecule has 0 aliphatic rings. The van der Waals surface area contributed by atoms with E-state index in [0.29, 0.717) is 18.3 Å². The highest BCUT2D eigenvalue weighted by atomic mass is 16.3. The summed E-state index contributed by atoms with van der Waals surface area (Å²) >= 11 is 0. The molecule has 5 heteroatoms. The molecule has 0 amide bonds. The number of aromatic nitrogens is 2. The molecule has 0 fully saturated rings. The van der Waals surface area contributed by atoms with Gasteiger partial charge in [0.2, 0.25) is 5.95 Å². The highest BCUT2D eigenvalue weighted by molar-refractivity contribution is 5.39. The van der Waals surface area contributed by atoms with Crippen LogP contribution in [0.15, 0.2) is 12.3 Å². The molecule has 0 radical (unpaired) electrons. The topological polar surface area (TPSA) is 70.1 Å². The standard InChI is InChI=1S/C8H14N4O/c1-6(13)5-11-7-3-4-10-8(9-2)12-7/h3-4,6,13H,5H2,1-2H3,(H2,9,10,11,12). The van der Waals surface area contributed by atoms with Gasteiger partial charge in [-0.1, -0.05) is 0 Å². The fourth-order valence-corrected chi connectivity index (χ4v) is 0.830. The zero-order valence-electron chi connectivity index (χ0n) is 7.78. The molecular weight excluding hydrogens is 168 g/mol. The molecule has 13 heavy (non-hydrogen) atoms. The van der Waals surface area contributed by atoms with E-state index in [1.54, 1.807) is 26.2 Å². The van der Waals surface area contributed by atoms with Gasteiger partial charge in [0.25, 0.3) is 0 Å². The predicted octanol–water partition coefficient (Wildman–Crippen LogP) is 0.311. The first-order valence-electron chi connectivity index (χ1n) is 4.15. The Morgan fingerprint density at radius 1 is 1.62 bits per heavy atom. The van der Waals surface area contributed by atoms with Crippen molar-refractivity contribution in [2.45, 2.75) is 13.0 Å². The number of hydrogen-bond acceptors (Lipinski definition) is 5. The van der Waals surface area contributed by atoms with Gasteiger partial charge in [0.15, 0.2) is 0 Å². The van der Waals surface area contributed by atoms with Gasteiger partial charge in [-0.15, -0.1) is 0 Å². The van der Waals surface area contributed by atoms with Crippen molar-refractivity contribution >= 4 is 11.8 Å². The van der Waals surface area contributed by atoms with Crippen LogP contribution < -0.4 is 10.6 Å². The van der Waals surface area contributed by atoms with Crippen LogP contribution in [0.3, 0.4) is 0 Å². The van der Waals surface area contributed by atoms with Crippen molar-refractivity contribution in [3.8, 4) is 0 Å². The minimum Gasteiger partial charge on any atom is -0.392 e. The first kappa shape index (κ1) is 9.73. The summed E-state index contributed by atoms with van der Waals surface area (Å²) in [5.41, 5.74) is 0. The molecule has 0 aliphatic carbocycles. The van der Waals surface area contributed by atoms with Gasteiger partial charge in [0.05, 0.1) is 6.10 Å². The number of aliphatic hydroxyl groups excluding tert-OH is 1. The first-order chi connectivity index (χ1) is 6.22. The molecule has 0 saturated heterocycles. The lowest BCUT2D eigenvalue weighted by Crippen LogP contribution is -2.16. The van der Waals surface area contributed by atoms with Crippen LogP contribution in [0.5, 0.6) is 0 Å². The van der Waals surface area contributed by atoms with Crippen LogP contribution in [0.25, 0.3) is 0 Å². The van der Waals surface area contributed by atoms with Crippen LogP contribution in [0, 0.1) is 0 Å². The molecular formula is C8H14N4O. The summed E-state index contributed by atoms with van der Waals surface area (Å²) < 4.78 is 0. The second-order valence-corrected chi connectivity index (χ2v) is 2.75. The summed E-state index contributed by atoms with van der Waals surface area (Å²) in [5, 5.41) is 14.8. The van der Waals surface area contributed by atoms with Crippen LogP contribution in [0.2, 0.25) is 0 Å². The maximum absolute atomic E-state index is 9.02. The normalized spacial score (nSPS) is 12.2. The maximum atomic E-state index is 9.02. The Hall–Kier alpha value is -1.36. The van der Waals surface area contributed by atoms with Crippen molar-refractivity contribution in [1.29, 1.82) is 0 Å². The first-order valence-corrected chi connectivity index (χ1v) is 4.15. The molecule has 1 rings (SSSR count). The van der Waals surface area contributed by atoms with Crippen LogP contribution in [0.1, 0.15) is 6.92 Å². The van der Waals surface area contributed by atoms with Crippen LogP contribution in [0.4, 0.5) is 11.8 Å². The second-order valence-electron chi connectivity index (χ2n) is 2.75. The third kappa shape index (κ3) is 3.25. The molecule has 0 spiro atoms. The number of aliphatic hydroxyl groups is 1. The zero-order valence-corrected chi connectivity index (χ0v) is 7.78. The highest BCUT2D eigenvalue weighted by Crippen LogP contribution is 2.04. The minimum atomic E-state index is -0.381. The summed E-state index contributed by atoms with van der Waals surface area (Å²) in [7, 11) is 1.76. The lowest BCUT2D eigenvalue weighted by atomic mass is 10.4. The van der Waals surface area contributed by atoms with Gasteiger partial charge >= 0.3 is 0 Å². The van der Waals surface area contributed by atoms with Crippen molar-refractivity contribution in [2.75, 3.05) is 24.2 Å². The van der Waals surface area contributed by atoms with Gasteiger partial charge in [-0.25, -0.2) is 4.98 Å². The van der Waals surface area contributed by atoms with E-state index in [2.05, 4.69) is 20.6 Å². The molecule has 0 saturated carbocycles. The molecule has 3 N–H and O–H groups in total. The van der Waals surface area contributed by atoms with E-state index < -0.39 is 0 Å². The number of nitrogens with zero attached hydrogens (tertiary/aromatic N) is 2. The summed E-state index contributed by atoms with van der Waals surface area (Å²) in [6.45, 7) is 2.20. The molecule has 1 aromatic heterocycles. The highest BCUT2D eigenvalue weighted by Gasteiger charge is 1.98. The maximum Gasteiger partial charge on any atom is 0.224 e. The summed E-state index contributed by atoms with van der Waals surface area (Å²) in [5.74, 6) is 1.27. The monoisotopic (exact) mass is 182 g/mol. The number of rotatable bonds is 4. The largest absolute Gasteiger partial charge is 0.392 e. The van der Waals surface area contributed by atoms with E-state index in [-0.39, 0.29) is 6.10 Å². The predicted molar refractivity (Wildman–Crippen MR) is 51.7 cm³/mol. The summed E-state index contributed by atoms with van der Waals surface area (Å²) in [4.78, 5) is 8.08. The Labute approximate surface area is 77.2 Å². The van der Waals surface area contributed by atoms with Crippen molar-refractivity contribution in [3.63, 3.8) is 0 Å².